The van der Waals surface area contributed by atoms with E-state index in [1.165, 1.54) is 44.5 Å². The van der Waals surface area contributed by atoms with Crippen LogP contribution in [0.1, 0.15) is 43.4 Å². The van der Waals surface area contributed by atoms with Gasteiger partial charge in [-0.1, -0.05) is 0 Å². The largest absolute Gasteiger partial charge is 0.147 e. The zero-order valence-corrected chi connectivity index (χ0v) is 26.6. The standard InChI is InChI=1S/2C14H11O.2CH3.2ClH.H2Si.Zr/c2*1-10-8-11-4-2-5-12(13(11)9-10)14-6-3-7-15-14;;;;;;/h2*2-9H,1H3;2*1H3;2*1H;1H2;. The van der Waals surface area contributed by atoms with Gasteiger partial charge >= 0.3 is 205 Å². The molecule has 2 heterocycles. The molecule has 0 saturated carbocycles. The molecule has 0 fully saturated rings. The molecular formula is C30H32Cl2O2SiZr. The van der Waals surface area contributed by atoms with E-state index < -0.39 is 17.4 Å². The number of fused-ring (bicyclic) bond motifs is 2. The fourth-order valence-corrected chi connectivity index (χ4v) is 28.3. The van der Waals surface area contributed by atoms with E-state index in [1.807, 2.05) is 12.1 Å². The van der Waals surface area contributed by atoms with Gasteiger partial charge in [0.1, 0.15) is 0 Å². The van der Waals surface area contributed by atoms with E-state index in [4.69, 9.17) is 8.83 Å². The molecule has 4 aromatic rings. The minimum atomic E-state index is -3.50. The maximum Gasteiger partial charge on any atom is -0.147 e. The number of allylic oxidation sites excluding steroid dienone is 2. The van der Waals surface area contributed by atoms with Crippen molar-refractivity contribution < 1.29 is 26.2 Å². The first kappa shape index (κ1) is 27.2. The Morgan fingerprint density at radius 1 is 0.639 bits per heavy atom. The third kappa shape index (κ3) is 4.02. The molecule has 0 radical (unpaired) electrons. The molecule has 0 saturated heterocycles. The third-order valence-electron chi connectivity index (χ3n) is 8.03. The molecule has 0 N–H and O–H groups in total. The molecule has 36 heavy (non-hydrogen) atoms. The van der Waals surface area contributed by atoms with E-state index in [9.17, 15) is 0 Å². The Labute approximate surface area is 228 Å². The monoisotopic (exact) mass is 612 g/mol. The van der Waals surface area contributed by atoms with Gasteiger partial charge in [0, 0.05) is 0 Å². The summed E-state index contributed by atoms with van der Waals surface area (Å²) in [5.74, 6) is 1.90. The summed E-state index contributed by atoms with van der Waals surface area (Å²) in [4.78, 5) is 0. The van der Waals surface area contributed by atoms with Gasteiger partial charge in [-0.3, -0.25) is 0 Å². The van der Waals surface area contributed by atoms with Crippen LogP contribution in [0.15, 0.2) is 93.2 Å². The summed E-state index contributed by atoms with van der Waals surface area (Å²) in [5, 5.41) is 0. The van der Waals surface area contributed by atoms with Crippen molar-refractivity contribution in [3.63, 3.8) is 0 Å². The molecule has 2 aliphatic rings. The summed E-state index contributed by atoms with van der Waals surface area (Å²) >= 11 is -3.50. The van der Waals surface area contributed by atoms with Gasteiger partial charge in [0.05, 0.1) is 0 Å². The van der Waals surface area contributed by atoms with Crippen LogP contribution in [0.2, 0.25) is 9.26 Å². The summed E-state index contributed by atoms with van der Waals surface area (Å²) in [7, 11) is 0. The van der Waals surface area contributed by atoms with Crippen molar-refractivity contribution in [2.75, 3.05) is 0 Å². The van der Waals surface area contributed by atoms with Crippen LogP contribution in [0.4, 0.5) is 0 Å². The molecule has 186 valence electrons. The van der Waals surface area contributed by atoms with E-state index in [0.29, 0.717) is 7.25 Å². The van der Waals surface area contributed by atoms with Crippen molar-refractivity contribution in [3.05, 3.63) is 107 Å². The zero-order chi connectivity index (χ0) is 23.7. The van der Waals surface area contributed by atoms with Crippen LogP contribution >= 0.6 is 24.8 Å². The number of rotatable bonds is 4. The van der Waals surface area contributed by atoms with Crippen LogP contribution in [0.25, 0.3) is 34.8 Å². The first-order valence-corrected chi connectivity index (χ1v) is 25.7. The minimum Gasteiger partial charge on any atom is -0.147 e. The van der Waals surface area contributed by atoms with E-state index in [2.05, 4.69) is 90.7 Å². The molecule has 2 nitrogen and oxygen atoms in total. The number of halogens is 2. The van der Waals surface area contributed by atoms with Gasteiger partial charge < -0.3 is 0 Å². The minimum absolute atomic E-state index is 0. The van der Waals surface area contributed by atoms with Crippen LogP contribution in [-0.2, 0) is 17.4 Å². The summed E-state index contributed by atoms with van der Waals surface area (Å²) in [6.07, 6.45) is 8.40. The van der Waals surface area contributed by atoms with Gasteiger partial charge in [0.25, 0.3) is 0 Å². The number of benzene rings is 2. The molecule has 2 atom stereocenters. The molecule has 6 rings (SSSR count). The summed E-state index contributed by atoms with van der Waals surface area (Å²) in [6.45, 7) is 7.07. The van der Waals surface area contributed by atoms with E-state index in [-0.39, 0.29) is 24.8 Å². The zero-order valence-electron chi connectivity index (χ0n) is 21.1. The predicted molar refractivity (Wildman–Crippen MR) is 156 cm³/mol. The van der Waals surface area contributed by atoms with Crippen molar-refractivity contribution >= 4 is 43.8 Å². The average Bonchev–Trinajstić information content (AvgIpc) is 3.56. The number of hydrogen-bond acceptors (Lipinski definition) is 2. The van der Waals surface area contributed by atoms with Gasteiger partial charge in [0.2, 0.25) is 0 Å². The van der Waals surface area contributed by atoms with Gasteiger partial charge in [-0.15, -0.1) is 24.8 Å². The quantitative estimate of drug-likeness (QED) is 0.215. The van der Waals surface area contributed by atoms with Gasteiger partial charge in [0.15, 0.2) is 0 Å². The predicted octanol–water partition coefficient (Wildman–Crippen LogP) is 9.00. The Morgan fingerprint density at radius 2 is 1.06 bits per heavy atom. The van der Waals surface area contributed by atoms with Gasteiger partial charge in [-0.05, 0) is 0 Å². The molecule has 0 amide bonds. The molecule has 2 aromatic heterocycles. The van der Waals surface area contributed by atoms with Crippen molar-refractivity contribution in [3.8, 4) is 22.6 Å². The average molecular weight is 615 g/mol. The van der Waals surface area contributed by atoms with Crippen molar-refractivity contribution in [1.82, 2.24) is 0 Å². The van der Waals surface area contributed by atoms with Crippen molar-refractivity contribution in [2.45, 2.75) is 30.4 Å². The Bertz CT molecular complexity index is 1440. The summed E-state index contributed by atoms with van der Waals surface area (Å²) in [6, 6.07) is 21.6. The van der Waals surface area contributed by atoms with Crippen molar-refractivity contribution in [2.24, 2.45) is 0 Å². The molecule has 0 aliphatic heterocycles. The first-order valence-electron chi connectivity index (χ1n) is 12.0. The van der Waals surface area contributed by atoms with Crippen molar-refractivity contribution in [1.29, 1.82) is 0 Å². The molecule has 6 heteroatoms. The van der Waals surface area contributed by atoms with E-state index in [0.717, 1.165) is 11.5 Å². The summed E-state index contributed by atoms with van der Waals surface area (Å²) in [5.41, 5.74) is 11.1. The van der Waals surface area contributed by atoms with Crippen LogP contribution < -0.4 is 0 Å². The van der Waals surface area contributed by atoms with E-state index >= 15 is 0 Å². The van der Waals surface area contributed by atoms with Crippen LogP contribution in [0.5, 0.6) is 0 Å². The smallest absolute Gasteiger partial charge is 0.147 e. The number of furan rings is 2. The fraction of sp³-hybridized carbons (Fsp3) is 0.200. The molecule has 0 bridgehead atoms. The molecule has 2 aromatic carbocycles. The van der Waals surface area contributed by atoms with Crippen LogP contribution in [0.3, 0.4) is 0 Å². The molecule has 0 spiro atoms. The van der Waals surface area contributed by atoms with Crippen LogP contribution in [0, 0.1) is 0 Å². The Morgan fingerprint density at radius 3 is 1.42 bits per heavy atom. The number of hydrogen-bond donors (Lipinski definition) is 0. The maximum absolute atomic E-state index is 5.81. The molecule has 2 aliphatic carbocycles. The van der Waals surface area contributed by atoms with Gasteiger partial charge in [-0.25, -0.2) is 0 Å². The SMILES string of the molecule is CC1=Cc2c(-c3ccco3)cccc2[CH]1[Zr]([CH3])([CH3])(=[SiH2])[CH]1C(C)=Cc2c(-c3ccco3)cccc21.Cl.Cl. The first-order chi connectivity index (χ1) is 16.2. The topological polar surface area (TPSA) is 26.3 Å². The van der Waals surface area contributed by atoms with Crippen LogP contribution in [-0.4, -0.2) is 6.88 Å². The Balaban J connectivity index is 0.00000152. The fourth-order valence-electron chi connectivity index (χ4n) is 7.08. The Kier molecular flexibility index (Phi) is 7.16. The molecule has 2 unspecified atom stereocenters. The second-order valence-corrected chi connectivity index (χ2v) is 41.6. The summed E-state index contributed by atoms with van der Waals surface area (Å²) < 4.78 is 18.0. The second-order valence-electron chi connectivity index (χ2n) is 11.2. The Hall–Kier alpha value is -1.84. The maximum atomic E-state index is 5.81. The van der Waals surface area contributed by atoms with E-state index in [1.54, 1.807) is 12.5 Å². The second kappa shape index (κ2) is 9.48. The van der Waals surface area contributed by atoms with Gasteiger partial charge in [-0.2, -0.15) is 0 Å². The normalized spacial score (nSPS) is 18.5. The molecular weight excluding hydrogens is 583 g/mol. The third-order valence-corrected chi connectivity index (χ3v) is 25.9.